The van der Waals surface area contributed by atoms with Gasteiger partial charge < -0.3 is 42.0 Å². The Hall–Kier alpha value is -4.20. The molecule has 0 bridgehead atoms. The molecule has 1 rings (SSSR count). The first-order valence-corrected chi connectivity index (χ1v) is 12.7. The van der Waals surface area contributed by atoms with Crippen molar-refractivity contribution < 1.29 is 43.7 Å². The summed E-state index contributed by atoms with van der Waals surface area (Å²) < 4.78 is 4.74. The van der Waals surface area contributed by atoms with E-state index in [-0.39, 0.29) is 37.4 Å². The van der Waals surface area contributed by atoms with Crippen molar-refractivity contribution in [3.8, 4) is 5.75 Å². The van der Waals surface area contributed by atoms with Crippen LogP contribution in [0.5, 0.6) is 5.75 Å². The van der Waals surface area contributed by atoms with Gasteiger partial charge in [0.25, 0.3) is 0 Å². The van der Waals surface area contributed by atoms with Crippen LogP contribution in [0.25, 0.3) is 0 Å². The molecule has 14 nitrogen and oxygen atoms in total. The fourth-order valence-electron chi connectivity index (χ4n) is 3.72. The number of phenols is 1. The summed E-state index contributed by atoms with van der Waals surface area (Å²) in [6, 6.07) is 0.880. The minimum absolute atomic E-state index is 0.0102. The minimum Gasteiger partial charge on any atom is -0.508 e. The van der Waals surface area contributed by atoms with Gasteiger partial charge in [-0.3, -0.25) is 24.0 Å². The molecule has 0 unspecified atom stereocenters. The number of nitrogens with two attached hydrogens (primary N) is 1. The van der Waals surface area contributed by atoms with Crippen LogP contribution in [0.3, 0.4) is 0 Å². The molecule has 0 spiro atoms. The number of benzene rings is 1. The summed E-state index contributed by atoms with van der Waals surface area (Å²) >= 11 is 0. The standard InChI is InChI=1S/C26H39N5O9/c1-14(2)11-19(28-15(3)33)24(37)29-18(9-10-22(27)35)23(36)31-21(13-32)25(38)30-20(26(39)40-4)12-16-5-7-17(34)8-6-16/h5-8,14,18-21,32,34H,9-13H2,1-4H3,(H2,27,35)(H,28,33)(H,29,37)(H,30,38)(H,31,36)/t18-,19-,20-,21-/m0/s1. The predicted molar refractivity (Wildman–Crippen MR) is 142 cm³/mol. The lowest BCUT2D eigenvalue weighted by Gasteiger charge is -2.26. The second-order valence-electron chi connectivity index (χ2n) is 9.65. The SMILES string of the molecule is COC(=O)[C@H](Cc1ccc(O)cc1)NC(=O)[C@H](CO)NC(=O)[C@H](CCC(N)=O)NC(=O)[C@H](CC(C)C)NC(C)=O. The number of amides is 5. The molecule has 0 heterocycles. The van der Waals surface area contributed by atoms with Crippen LogP contribution in [0.4, 0.5) is 0 Å². The molecule has 1 aromatic rings. The van der Waals surface area contributed by atoms with E-state index in [0.29, 0.717) is 5.56 Å². The highest BCUT2D eigenvalue weighted by Gasteiger charge is 2.31. The van der Waals surface area contributed by atoms with E-state index in [2.05, 4.69) is 21.3 Å². The van der Waals surface area contributed by atoms with E-state index >= 15 is 0 Å². The number of primary amides is 1. The Labute approximate surface area is 232 Å². The minimum atomic E-state index is -1.53. The van der Waals surface area contributed by atoms with Gasteiger partial charge in [-0.05, 0) is 36.5 Å². The summed E-state index contributed by atoms with van der Waals surface area (Å²) in [6.07, 6.45) is -0.233. The molecule has 14 heteroatoms. The van der Waals surface area contributed by atoms with Gasteiger partial charge in [-0.1, -0.05) is 26.0 Å². The van der Waals surface area contributed by atoms with Crippen LogP contribution in [0.15, 0.2) is 24.3 Å². The van der Waals surface area contributed by atoms with Gasteiger partial charge in [-0.25, -0.2) is 4.79 Å². The number of hydrogen-bond acceptors (Lipinski definition) is 9. The normalized spacial score (nSPS) is 13.8. The van der Waals surface area contributed by atoms with Gasteiger partial charge in [0, 0.05) is 19.8 Å². The van der Waals surface area contributed by atoms with E-state index in [1.54, 1.807) is 12.1 Å². The summed E-state index contributed by atoms with van der Waals surface area (Å²) in [7, 11) is 1.13. The van der Waals surface area contributed by atoms with Crippen molar-refractivity contribution >= 4 is 35.5 Å². The number of aliphatic hydroxyl groups excluding tert-OH is 1. The van der Waals surface area contributed by atoms with Gasteiger partial charge >= 0.3 is 5.97 Å². The average molecular weight is 566 g/mol. The van der Waals surface area contributed by atoms with Crippen LogP contribution < -0.4 is 27.0 Å². The molecule has 4 atom stereocenters. The molecular weight excluding hydrogens is 526 g/mol. The monoisotopic (exact) mass is 565 g/mol. The maximum absolute atomic E-state index is 13.1. The Morgan fingerprint density at radius 3 is 1.88 bits per heavy atom. The number of aromatic hydroxyl groups is 1. The molecule has 5 amide bonds. The molecule has 222 valence electrons. The number of esters is 1. The number of nitrogens with one attached hydrogen (secondary N) is 4. The lowest BCUT2D eigenvalue weighted by molar-refractivity contribution is -0.145. The molecule has 0 aliphatic heterocycles. The summed E-state index contributed by atoms with van der Waals surface area (Å²) in [6.45, 7) is 4.06. The molecule has 0 aliphatic rings. The van der Waals surface area contributed by atoms with Gasteiger partial charge in [0.05, 0.1) is 13.7 Å². The number of phenolic OH excluding ortho intramolecular Hbond substituents is 1. The summed E-state index contributed by atoms with van der Waals surface area (Å²) in [5, 5.41) is 29.0. The predicted octanol–water partition coefficient (Wildman–Crippen LogP) is -1.63. The number of carbonyl (C=O) groups excluding carboxylic acids is 6. The first-order chi connectivity index (χ1) is 18.8. The molecule has 0 aliphatic carbocycles. The van der Waals surface area contributed by atoms with E-state index in [9.17, 15) is 39.0 Å². The van der Waals surface area contributed by atoms with Crippen LogP contribution in [0, 0.1) is 5.92 Å². The zero-order valence-electron chi connectivity index (χ0n) is 23.1. The van der Waals surface area contributed by atoms with E-state index in [0.717, 1.165) is 7.11 Å². The first kappa shape index (κ1) is 33.8. The van der Waals surface area contributed by atoms with Crippen molar-refractivity contribution in [3.63, 3.8) is 0 Å². The Morgan fingerprint density at radius 1 is 0.850 bits per heavy atom. The molecule has 8 N–H and O–H groups in total. The van der Waals surface area contributed by atoms with Gasteiger partial charge in [0.1, 0.15) is 29.9 Å². The van der Waals surface area contributed by atoms with E-state index < -0.39 is 66.3 Å². The first-order valence-electron chi connectivity index (χ1n) is 12.7. The topological polar surface area (TPSA) is 226 Å². The molecule has 1 aromatic carbocycles. The summed E-state index contributed by atoms with van der Waals surface area (Å²) in [5.41, 5.74) is 5.79. The highest BCUT2D eigenvalue weighted by atomic mass is 16.5. The molecule has 40 heavy (non-hydrogen) atoms. The molecular formula is C26H39N5O9. The fourth-order valence-corrected chi connectivity index (χ4v) is 3.72. The van der Waals surface area contributed by atoms with Gasteiger partial charge in [0.2, 0.25) is 29.5 Å². The molecule has 0 fully saturated rings. The smallest absolute Gasteiger partial charge is 0.328 e. The number of hydrogen-bond donors (Lipinski definition) is 7. The number of aliphatic hydroxyl groups is 1. The second-order valence-corrected chi connectivity index (χ2v) is 9.65. The summed E-state index contributed by atoms with van der Waals surface area (Å²) in [5.74, 6) is -4.45. The van der Waals surface area contributed by atoms with Gasteiger partial charge in [-0.15, -0.1) is 0 Å². The zero-order valence-corrected chi connectivity index (χ0v) is 23.1. The Kier molecular flexibility index (Phi) is 14.1. The molecule has 0 aromatic heterocycles. The third-order valence-corrected chi connectivity index (χ3v) is 5.71. The van der Waals surface area contributed by atoms with Crippen molar-refractivity contribution in [1.82, 2.24) is 21.3 Å². The van der Waals surface area contributed by atoms with Gasteiger partial charge in [0.15, 0.2) is 0 Å². The van der Waals surface area contributed by atoms with Crippen molar-refractivity contribution in [1.29, 1.82) is 0 Å². The maximum atomic E-state index is 13.1. The Bertz CT molecular complexity index is 1050. The number of carbonyl (C=O) groups is 6. The van der Waals surface area contributed by atoms with E-state index in [1.807, 2.05) is 13.8 Å². The molecule has 0 saturated heterocycles. The summed E-state index contributed by atoms with van der Waals surface area (Å²) in [4.78, 5) is 74.1. The highest BCUT2D eigenvalue weighted by molar-refractivity contribution is 5.95. The number of methoxy groups -OCH3 is 1. The largest absolute Gasteiger partial charge is 0.508 e. The maximum Gasteiger partial charge on any atom is 0.328 e. The Morgan fingerprint density at radius 2 is 1.38 bits per heavy atom. The zero-order chi connectivity index (χ0) is 30.4. The lowest BCUT2D eigenvalue weighted by Crippen LogP contribution is -2.59. The molecule has 0 radical (unpaired) electrons. The van der Waals surface area contributed by atoms with Crippen molar-refractivity contribution in [3.05, 3.63) is 29.8 Å². The fraction of sp³-hybridized carbons (Fsp3) is 0.538. The number of rotatable bonds is 16. The highest BCUT2D eigenvalue weighted by Crippen LogP contribution is 2.12. The van der Waals surface area contributed by atoms with Crippen molar-refractivity contribution in [2.24, 2.45) is 11.7 Å². The molecule has 0 saturated carbocycles. The quantitative estimate of drug-likeness (QED) is 0.114. The van der Waals surface area contributed by atoms with Crippen molar-refractivity contribution in [2.45, 2.75) is 70.6 Å². The Balaban J connectivity index is 3.04. The van der Waals surface area contributed by atoms with Crippen LogP contribution in [-0.2, 0) is 39.9 Å². The average Bonchev–Trinajstić information content (AvgIpc) is 2.88. The van der Waals surface area contributed by atoms with Gasteiger partial charge in [-0.2, -0.15) is 0 Å². The second kappa shape index (κ2) is 16.7. The third kappa shape index (κ3) is 12.1. The third-order valence-electron chi connectivity index (χ3n) is 5.71. The van der Waals surface area contributed by atoms with E-state index in [4.69, 9.17) is 10.5 Å². The van der Waals surface area contributed by atoms with Crippen LogP contribution >= 0.6 is 0 Å². The van der Waals surface area contributed by atoms with Crippen LogP contribution in [0.2, 0.25) is 0 Å². The number of ether oxygens (including phenoxy) is 1. The van der Waals surface area contributed by atoms with E-state index in [1.165, 1.54) is 19.1 Å². The van der Waals surface area contributed by atoms with Crippen LogP contribution in [0.1, 0.15) is 45.6 Å². The van der Waals surface area contributed by atoms with Crippen molar-refractivity contribution in [2.75, 3.05) is 13.7 Å². The lowest BCUT2D eigenvalue weighted by atomic mass is 10.0. The van der Waals surface area contributed by atoms with Crippen LogP contribution in [-0.4, -0.2) is 83.6 Å².